The van der Waals surface area contributed by atoms with Crippen LogP contribution in [-0.4, -0.2) is 23.4 Å². The maximum atomic E-state index is 14.3. The quantitative estimate of drug-likeness (QED) is 0.398. The lowest BCUT2D eigenvalue weighted by Gasteiger charge is -2.30. The average molecular weight is 436 g/mol. The third kappa shape index (κ3) is 4.85. The predicted octanol–water partition coefficient (Wildman–Crippen LogP) is 6.84. The van der Waals surface area contributed by atoms with Gasteiger partial charge in [-0.3, -0.25) is 4.99 Å². The van der Waals surface area contributed by atoms with Crippen LogP contribution in [0.4, 0.5) is 8.78 Å². The van der Waals surface area contributed by atoms with Gasteiger partial charge in [0.2, 0.25) is 5.82 Å². The first-order chi connectivity index (χ1) is 15.6. The van der Waals surface area contributed by atoms with Crippen molar-refractivity contribution >= 4 is 17.4 Å². The molecule has 4 nitrogen and oxygen atoms in total. The lowest BCUT2D eigenvalue weighted by molar-refractivity contribution is 0.261. The molecule has 6 heteroatoms. The highest BCUT2D eigenvalue weighted by Crippen LogP contribution is 2.39. The Kier molecular flexibility index (Phi) is 6.88. The Morgan fingerprint density at radius 1 is 1.12 bits per heavy atom. The molecular formula is C26H27F2N3O. The van der Waals surface area contributed by atoms with Gasteiger partial charge in [0.05, 0.1) is 11.1 Å². The van der Waals surface area contributed by atoms with E-state index >= 15 is 0 Å². The van der Waals surface area contributed by atoms with E-state index in [-0.39, 0.29) is 17.3 Å². The molecular weight excluding hydrogens is 408 g/mol. The first-order valence-electron chi connectivity index (χ1n) is 11.1. The molecule has 0 radical (unpaired) electrons. The zero-order valence-electron chi connectivity index (χ0n) is 18.4. The fraction of sp³-hybridized carbons (Fsp3) is 0.346. The Morgan fingerprint density at radius 3 is 2.66 bits per heavy atom. The van der Waals surface area contributed by atoms with Gasteiger partial charge in [-0.2, -0.15) is 4.98 Å². The monoisotopic (exact) mass is 435 g/mol. The Morgan fingerprint density at radius 2 is 1.91 bits per heavy atom. The van der Waals surface area contributed by atoms with E-state index in [1.165, 1.54) is 25.7 Å². The lowest BCUT2D eigenvalue weighted by atomic mass is 9.75. The minimum Gasteiger partial charge on any atom is -0.334 e. The molecule has 2 atom stereocenters. The van der Waals surface area contributed by atoms with Crippen molar-refractivity contribution in [3.63, 3.8) is 0 Å². The van der Waals surface area contributed by atoms with Crippen LogP contribution in [0.2, 0.25) is 0 Å². The SMILES string of the molecule is CN=CC(=C(CC1CCCC[C@H]1C)c1ccccc1)c1nc(-c2cc(F)ccc2F)no1. The molecule has 32 heavy (non-hydrogen) atoms. The summed E-state index contributed by atoms with van der Waals surface area (Å²) in [6, 6.07) is 13.3. The fourth-order valence-corrected chi connectivity index (χ4v) is 4.48. The van der Waals surface area contributed by atoms with Gasteiger partial charge in [0.25, 0.3) is 5.89 Å². The molecule has 2 aromatic carbocycles. The summed E-state index contributed by atoms with van der Waals surface area (Å²) < 4.78 is 33.5. The van der Waals surface area contributed by atoms with Crippen molar-refractivity contribution in [3.8, 4) is 11.4 Å². The Bertz CT molecular complexity index is 1120. The highest BCUT2D eigenvalue weighted by Gasteiger charge is 2.26. The normalized spacial score (nSPS) is 19.9. The number of hydrogen-bond donors (Lipinski definition) is 0. The molecule has 166 valence electrons. The van der Waals surface area contributed by atoms with Gasteiger partial charge in [0.15, 0.2) is 0 Å². The summed E-state index contributed by atoms with van der Waals surface area (Å²) in [5.41, 5.74) is 2.82. The summed E-state index contributed by atoms with van der Waals surface area (Å²) in [6.45, 7) is 2.32. The molecule has 4 rings (SSSR count). The molecule has 1 heterocycles. The van der Waals surface area contributed by atoms with Crippen molar-refractivity contribution in [3.05, 3.63) is 71.6 Å². The Balaban J connectivity index is 1.81. The summed E-state index contributed by atoms with van der Waals surface area (Å²) in [6.07, 6.45) is 7.49. The molecule has 1 unspecified atom stereocenters. The van der Waals surface area contributed by atoms with Gasteiger partial charge < -0.3 is 4.52 Å². The van der Waals surface area contributed by atoms with E-state index in [4.69, 9.17) is 4.52 Å². The number of aliphatic imine (C=N–C) groups is 1. The first kappa shape index (κ1) is 22.1. The highest BCUT2D eigenvalue weighted by atomic mass is 19.1. The van der Waals surface area contributed by atoms with Crippen molar-refractivity contribution in [1.82, 2.24) is 10.1 Å². The summed E-state index contributed by atoms with van der Waals surface area (Å²) >= 11 is 0. The van der Waals surface area contributed by atoms with Crippen molar-refractivity contribution in [2.75, 3.05) is 7.05 Å². The molecule has 1 fully saturated rings. The van der Waals surface area contributed by atoms with E-state index in [0.717, 1.165) is 35.8 Å². The molecule has 1 aliphatic rings. The second-order valence-corrected chi connectivity index (χ2v) is 8.42. The van der Waals surface area contributed by atoms with E-state index in [1.807, 2.05) is 18.2 Å². The first-order valence-corrected chi connectivity index (χ1v) is 11.1. The van der Waals surface area contributed by atoms with E-state index in [0.29, 0.717) is 17.4 Å². The van der Waals surface area contributed by atoms with Crippen molar-refractivity contribution in [1.29, 1.82) is 0 Å². The molecule has 3 aromatic rings. The van der Waals surface area contributed by atoms with Crippen molar-refractivity contribution in [2.24, 2.45) is 16.8 Å². The zero-order chi connectivity index (χ0) is 22.5. The molecule has 1 aromatic heterocycles. The van der Waals surface area contributed by atoms with Crippen LogP contribution >= 0.6 is 0 Å². The maximum Gasteiger partial charge on any atom is 0.260 e. The number of rotatable bonds is 6. The second kappa shape index (κ2) is 9.98. The van der Waals surface area contributed by atoms with Crippen LogP contribution in [0.15, 0.2) is 58.0 Å². The zero-order valence-corrected chi connectivity index (χ0v) is 18.4. The minimum absolute atomic E-state index is 0.0115. The number of nitrogens with zero attached hydrogens (tertiary/aromatic N) is 3. The third-order valence-corrected chi connectivity index (χ3v) is 6.29. The van der Waals surface area contributed by atoms with Crippen LogP contribution < -0.4 is 0 Å². The van der Waals surface area contributed by atoms with Gasteiger partial charge in [0, 0.05) is 13.3 Å². The third-order valence-electron chi connectivity index (χ3n) is 6.29. The summed E-state index contributed by atoms with van der Waals surface area (Å²) in [5.74, 6) is 0.265. The molecule has 0 amide bonds. The standard InChI is InChI=1S/C26H27F2N3O/c1-17-8-6-7-11-19(17)14-21(18-9-4-3-5-10-18)23(16-29-2)26-30-25(31-32-26)22-15-20(27)12-13-24(22)28/h3-5,9-10,12-13,15-17,19H,6-8,11,14H2,1-2H3/t17-,19?/m1/s1. The van der Waals surface area contributed by atoms with Crippen molar-refractivity contribution in [2.45, 2.75) is 39.0 Å². The Hall–Kier alpha value is -3.15. The molecule has 1 saturated carbocycles. The number of benzene rings is 2. The largest absolute Gasteiger partial charge is 0.334 e. The van der Waals surface area contributed by atoms with E-state index in [1.54, 1.807) is 13.3 Å². The fourth-order valence-electron chi connectivity index (χ4n) is 4.48. The molecule has 0 saturated heterocycles. The topological polar surface area (TPSA) is 51.3 Å². The summed E-state index contributed by atoms with van der Waals surface area (Å²) in [5, 5.41) is 3.94. The summed E-state index contributed by atoms with van der Waals surface area (Å²) in [4.78, 5) is 8.67. The van der Waals surface area contributed by atoms with Gasteiger partial charge in [-0.1, -0.05) is 61.7 Å². The van der Waals surface area contributed by atoms with Crippen LogP contribution in [0.3, 0.4) is 0 Å². The number of aromatic nitrogens is 2. The second-order valence-electron chi connectivity index (χ2n) is 8.42. The van der Waals surface area contributed by atoms with Gasteiger partial charge in [-0.05, 0) is 54.0 Å². The highest BCUT2D eigenvalue weighted by molar-refractivity contribution is 6.18. The predicted molar refractivity (Wildman–Crippen MR) is 123 cm³/mol. The van der Waals surface area contributed by atoms with Crippen LogP contribution in [-0.2, 0) is 0 Å². The molecule has 0 spiro atoms. The van der Waals surface area contributed by atoms with Gasteiger partial charge in [-0.25, -0.2) is 8.78 Å². The van der Waals surface area contributed by atoms with Crippen LogP contribution in [0.25, 0.3) is 22.5 Å². The average Bonchev–Trinajstić information content (AvgIpc) is 3.29. The summed E-state index contributed by atoms with van der Waals surface area (Å²) in [7, 11) is 1.69. The molecule has 0 bridgehead atoms. The van der Waals surface area contributed by atoms with Gasteiger partial charge in [-0.15, -0.1) is 0 Å². The minimum atomic E-state index is -0.604. The Labute approximate surface area is 187 Å². The molecule has 0 N–H and O–H groups in total. The lowest BCUT2D eigenvalue weighted by Crippen LogP contribution is -2.17. The van der Waals surface area contributed by atoms with E-state index in [9.17, 15) is 8.78 Å². The van der Waals surface area contributed by atoms with E-state index in [2.05, 4.69) is 34.2 Å². The van der Waals surface area contributed by atoms with Crippen molar-refractivity contribution < 1.29 is 13.3 Å². The number of halogens is 2. The van der Waals surface area contributed by atoms with Gasteiger partial charge in [0.1, 0.15) is 11.6 Å². The number of hydrogen-bond acceptors (Lipinski definition) is 4. The van der Waals surface area contributed by atoms with Crippen LogP contribution in [0, 0.1) is 23.5 Å². The van der Waals surface area contributed by atoms with Crippen LogP contribution in [0.1, 0.15) is 50.5 Å². The van der Waals surface area contributed by atoms with Crippen LogP contribution in [0.5, 0.6) is 0 Å². The maximum absolute atomic E-state index is 14.3. The molecule has 1 aliphatic carbocycles. The van der Waals surface area contributed by atoms with Gasteiger partial charge >= 0.3 is 0 Å². The number of allylic oxidation sites excluding steroid dienone is 2. The molecule has 0 aliphatic heterocycles. The smallest absolute Gasteiger partial charge is 0.260 e. The van der Waals surface area contributed by atoms with E-state index < -0.39 is 11.6 Å².